The number of carboxylic acids is 2. The highest BCUT2D eigenvalue weighted by Gasteiger charge is 2.21. The summed E-state index contributed by atoms with van der Waals surface area (Å²) in [5.74, 6) is -1.54. The van der Waals surface area contributed by atoms with Crippen LogP contribution in [0.3, 0.4) is 0 Å². The van der Waals surface area contributed by atoms with E-state index in [2.05, 4.69) is 56.1 Å². The molecule has 2 aromatic carbocycles. The van der Waals surface area contributed by atoms with E-state index in [1.54, 1.807) is 21.3 Å². The van der Waals surface area contributed by atoms with Gasteiger partial charge in [0, 0.05) is 49.3 Å². The molecule has 10 heteroatoms. The standard InChI is InChI=1S/C21H27BrN2O3.C2H2O4/c1-25-19-8-7-17(20(26-2)21(19)27-3)15-24-11-9-23(10-12-24)14-16-5-4-6-18(22)13-16;3-1(4)2(5)6/h4-8,13H,9-12,14-15H2,1-3H3;(H,3,4)(H,5,6). The van der Waals surface area contributed by atoms with Crippen molar-refractivity contribution in [1.82, 2.24) is 9.80 Å². The lowest BCUT2D eigenvalue weighted by atomic mass is 10.1. The van der Waals surface area contributed by atoms with Gasteiger partial charge in [0.05, 0.1) is 21.3 Å². The molecular weight excluding hydrogens is 496 g/mol. The van der Waals surface area contributed by atoms with Gasteiger partial charge >= 0.3 is 11.9 Å². The monoisotopic (exact) mass is 524 g/mol. The van der Waals surface area contributed by atoms with Gasteiger partial charge in [0.25, 0.3) is 0 Å². The second-order valence-corrected chi connectivity index (χ2v) is 8.20. The average Bonchev–Trinajstić information content (AvgIpc) is 2.80. The number of piperazine rings is 1. The first-order chi connectivity index (χ1) is 15.8. The van der Waals surface area contributed by atoms with Crippen molar-refractivity contribution in [2.45, 2.75) is 13.1 Å². The van der Waals surface area contributed by atoms with Gasteiger partial charge in [-0.3, -0.25) is 9.80 Å². The highest BCUT2D eigenvalue weighted by molar-refractivity contribution is 9.10. The molecule has 0 saturated carbocycles. The summed E-state index contributed by atoms with van der Waals surface area (Å²) in [5, 5.41) is 14.8. The average molecular weight is 525 g/mol. The first-order valence-electron chi connectivity index (χ1n) is 10.2. The van der Waals surface area contributed by atoms with Crippen LogP contribution in [-0.4, -0.2) is 79.5 Å². The highest BCUT2D eigenvalue weighted by atomic mass is 79.9. The summed E-state index contributed by atoms with van der Waals surface area (Å²) >= 11 is 3.55. The van der Waals surface area contributed by atoms with Gasteiger partial charge in [0.15, 0.2) is 11.5 Å². The molecule has 33 heavy (non-hydrogen) atoms. The van der Waals surface area contributed by atoms with E-state index in [1.165, 1.54) is 5.56 Å². The molecule has 1 aliphatic heterocycles. The van der Waals surface area contributed by atoms with E-state index in [9.17, 15) is 0 Å². The molecule has 0 radical (unpaired) electrons. The van der Waals surface area contributed by atoms with E-state index in [-0.39, 0.29) is 0 Å². The minimum absolute atomic E-state index is 0.658. The van der Waals surface area contributed by atoms with Crippen molar-refractivity contribution in [3.63, 3.8) is 0 Å². The number of nitrogens with zero attached hydrogens (tertiary/aromatic N) is 2. The zero-order valence-corrected chi connectivity index (χ0v) is 20.5. The summed E-state index contributed by atoms with van der Waals surface area (Å²) in [6.45, 7) is 6.02. The second-order valence-electron chi connectivity index (χ2n) is 7.29. The van der Waals surface area contributed by atoms with E-state index in [0.29, 0.717) is 11.5 Å². The van der Waals surface area contributed by atoms with Gasteiger partial charge < -0.3 is 24.4 Å². The fourth-order valence-corrected chi connectivity index (χ4v) is 3.97. The molecule has 3 rings (SSSR count). The van der Waals surface area contributed by atoms with Gasteiger partial charge in [-0.25, -0.2) is 9.59 Å². The molecule has 1 heterocycles. The molecule has 9 nitrogen and oxygen atoms in total. The smallest absolute Gasteiger partial charge is 0.414 e. The van der Waals surface area contributed by atoms with Gasteiger partial charge in [-0.2, -0.15) is 0 Å². The summed E-state index contributed by atoms with van der Waals surface area (Å²) in [4.78, 5) is 23.2. The normalized spacial score (nSPS) is 14.1. The Morgan fingerprint density at radius 2 is 1.42 bits per heavy atom. The number of hydrogen-bond acceptors (Lipinski definition) is 7. The van der Waals surface area contributed by atoms with Crippen LogP contribution >= 0.6 is 15.9 Å². The van der Waals surface area contributed by atoms with Crippen molar-refractivity contribution >= 4 is 27.9 Å². The van der Waals surface area contributed by atoms with Crippen LogP contribution in [0.4, 0.5) is 0 Å². The Morgan fingerprint density at radius 3 is 1.91 bits per heavy atom. The molecule has 1 aliphatic rings. The summed E-state index contributed by atoms with van der Waals surface area (Å²) in [5.41, 5.74) is 2.47. The Hall–Kier alpha value is -2.82. The van der Waals surface area contributed by atoms with Crippen molar-refractivity contribution < 1.29 is 34.0 Å². The third-order valence-electron chi connectivity index (χ3n) is 5.12. The number of benzene rings is 2. The Labute approximate surface area is 201 Å². The van der Waals surface area contributed by atoms with E-state index >= 15 is 0 Å². The number of methoxy groups -OCH3 is 3. The first-order valence-corrected chi connectivity index (χ1v) is 11.0. The van der Waals surface area contributed by atoms with Crippen molar-refractivity contribution in [3.05, 3.63) is 52.0 Å². The van der Waals surface area contributed by atoms with Crippen LogP contribution in [0.2, 0.25) is 0 Å². The van der Waals surface area contributed by atoms with Gasteiger partial charge in [0.2, 0.25) is 5.75 Å². The van der Waals surface area contributed by atoms with Crippen LogP contribution in [0.1, 0.15) is 11.1 Å². The molecule has 0 aliphatic carbocycles. The van der Waals surface area contributed by atoms with E-state index in [4.69, 9.17) is 34.0 Å². The SMILES string of the molecule is COc1ccc(CN2CCN(Cc3cccc(Br)c3)CC2)c(OC)c1OC.O=C(O)C(=O)O. The number of ether oxygens (including phenoxy) is 3. The summed E-state index contributed by atoms with van der Waals surface area (Å²) in [7, 11) is 4.96. The van der Waals surface area contributed by atoms with Crippen LogP contribution < -0.4 is 14.2 Å². The maximum atomic E-state index is 9.10. The van der Waals surface area contributed by atoms with Gasteiger partial charge in [0.1, 0.15) is 0 Å². The summed E-state index contributed by atoms with van der Waals surface area (Å²) in [6, 6.07) is 12.6. The molecule has 2 aromatic rings. The molecule has 1 saturated heterocycles. The largest absolute Gasteiger partial charge is 0.493 e. The Kier molecular flexibility index (Phi) is 10.4. The Balaban J connectivity index is 0.000000569. The van der Waals surface area contributed by atoms with E-state index in [0.717, 1.165) is 55.1 Å². The number of carbonyl (C=O) groups is 2. The van der Waals surface area contributed by atoms with E-state index < -0.39 is 11.9 Å². The minimum atomic E-state index is -1.82. The van der Waals surface area contributed by atoms with Gasteiger partial charge in [-0.1, -0.05) is 34.1 Å². The Morgan fingerprint density at radius 1 is 0.848 bits per heavy atom. The van der Waals surface area contributed by atoms with Gasteiger partial charge in [-0.05, 0) is 23.8 Å². The molecule has 0 atom stereocenters. The lowest BCUT2D eigenvalue weighted by Crippen LogP contribution is -2.45. The minimum Gasteiger partial charge on any atom is -0.493 e. The fourth-order valence-electron chi connectivity index (χ4n) is 3.53. The lowest BCUT2D eigenvalue weighted by molar-refractivity contribution is -0.159. The van der Waals surface area contributed by atoms with E-state index in [1.807, 2.05) is 6.07 Å². The Bertz CT molecular complexity index is 934. The molecule has 180 valence electrons. The number of carboxylic acid groups (broad SMARTS) is 2. The van der Waals surface area contributed by atoms with Crippen molar-refractivity contribution in [3.8, 4) is 17.2 Å². The predicted octanol–water partition coefficient (Wildman–Crippen LogP) is 2.95. The fraction of sp³-hybridized carbons (Fsp3) is 0.391. The number of hydrogen-bond donors (Lipinski definition) is 2. The first kappa shape index (κ1) is 26.4. The van der Waals surface area contributed by atoms with Crippen LogP contribution in [0, 0.1) is 0 Å². The quantitative estimate of drug-likeness (QED) is 0.528. The van der Waals surface area contributed by atoms with Crippen LogP contribution in [0.15, 0.2) is 40.9 Å². The van der Waals surface area contributed by atoms with Crippen LogP contribution in [0.25, 0.3) is 0 Å². The van der Waals surface area contributed by atoms with Crippen LogP contribution in [0.5, 0.6) is 17.2 Å². The molecule has 1 fully saturated rings. The topological polar surface area (TPSA) is 109 Å². The van der Waals surface area contributed by atoms with Crippen molar-refractivity contribution in [1.29, 1.82) is 0 Å². The molecule has 0 unspecified atom stereocenters. The maximum absolute atomic E-state index is 9.10. The second kappa shape index (κ2) is 13.0. The molecule has 0 bridgehead atoms. The number of halogens is 1. The molecule has 2 N–H and O–H groups in total. The summed E-state index contributed by atoms with van der Waals surface area (Å²) < 4.78 is 17.6. The zero-order chi connectivity index (χ0) is 24.4. The van der Waals surface area contributed by atoms with Gasteiger partial charge in [-0.15, -0.1) is 0 Å². The molecule has 0 amide bonds. The predicted molar refractivity (Wildman–Crippen MR) is 126 cm³/mol. The lowest BCUT2D eigenvalue weighted by Gasteiger charge is -2.35. The summed E-state index contributed by atoms with van der Waals surface area (Å²) in [6.07, 6.45) is 0. The molecular formula is C23H29BrN2O7. The van der Waals surface area contributed by atoms with Crippen molar-refractivity contribution in [2.24, 2.45) is 0 Å². The third kappa shape index (κ3) is 7.92. The van der Waals surface area contributed by atoms with Crippen LogP contribution in [-0.2, 0) is 22.7 Å². The van der Waals surface area contributed by atoms with Crippen molar-refractivity contribution in [2.75, 3.05) is 47.5 Å². The highest BCUT2D eigenvalue weighted by Crippen LogP contribution is 2.40. The number of rotatable bonds is 7. The number of aliphatic carboxylic acids is 2. The third-order valence-corrected chi connectivity index (χ3v) is 5.62. The zero-order valence-electron chi connectivity index (χ0n) is 18.9. The molecule has 0 spiro atoms. The molecule has 0 aromatic heterocycles. The maximum Gasteiger partial charge on any atom is 0.414 e.